The summed E-state index contributed by atoms with van der Waals surface area (Å²) < 4.78 is 0. The van der Waals surface area contributed by atoms with E-state index in [-0.39, 0.29) is 5.56 Å². The fourth-order valence-corrected chi connectivity index (χ4v) is 1.82. The molecule has 0 saturated heterocycles. The summed E-state index contributed by atoms with van der Waals surface area (Å²) in [6.07, 6.45) is 0. The fraction of sp³-hybridized carbons (Fsp3) is 0.0909. The summed E-state index contributed by atoms with van der Waals surface area (Å²) in [7, 11) is 0. The number of rotatable bonds is 1. The van der Waals surface area contributed by atoms with Gasteiger partial charge in [-0.2, -0.15) is 5.10 Å². The van der Waals surface area contributed by atoms with Crippen LogP contribution in [0, 0.1) is 6.92 Å². The van der Waals surface area contributed by atoms with Crippen LogP contribution in [0.25, 0.3) is 11.3 Å². The van der Waals surface area contributed by atoms with Crippen LogP contribution in [0.3, 0.4) is 0 Å². The van der Waals surface area contributed by atoms with Crippen molar-refractivity contribution in [1.82, 2.24) is 10.2 Å². The Morgan fingerprint density at radius 3 is 2.56 bits per heavy atom. The van der Waals surface area contributed by atoms with Crippen molar-refractivity contribution in [3.63, 3.8) is 0 Å². The quantitative estimate of drug-likeness (QED) is 0.851. The van der Waals surface area contributed by atoms with Gasteiger partial charge in [0.2, 0.25) is 0 Å². The molecule has 3 nitrogen and oxygen atoms in total. The molecule has 2 rings (SSSR count). The third-order valence-electron chi connectivity index (χ3n) is 2.28. The van der Waals surface area contributed by atoms with Gasteiger partial charge in [0.05, 0.1) is 10.7 Å². The Balaban J connectivity index is 2.61. The van der Waals surface area contributed by atoms with Crippen LogP contribution >= 0.6 is 23.2 Å². The molecule has 1 aromatic carbocycles. The maximum absolute atomic E-state index is 10.9. The minimum absolute atomic E-state index is 0.245. The molecule has 82 valence electrons. The van der Waals surface area contributed by atoms with Crippen molar-refractivity contribution in [1.29, 1.82) is 0 Å². The number of aromatic amines is 1. The standard InChI is InChI=1S/C11H8Cl2N2O/c1-6-8(12)3-2-7(11(6)13)9-4-5-10(16)15-14-9/h2-5H,1H3,(H,15,16). The molecule has 5 heteroatoms. The second-order valence-electron chi connectivity index (χ2n) is 3.34. The molecule has 0 fully saturated rings. The van der Waals surface area contributed by atoms with Crippen molar-refractivity contribution in [3.8, 4) is 11.3 Å². The van der Waals surface area contributed by atoms with Crippen molar-refractivity contribution in [2.24, 2.45) is 0 Å². The number of nitrogens with one attached hydrogen (secondary N) is 1. The summed E-state index contributed by atoms with van der Waals surface area (Å²) >= 11 is 12.1. The third kappa shape index (κ3) is 1.96. The van der Waals surface area contributed by atoms with Gasteiger partial charge >= 0.3 is 0 Å². The van der Waals surface area contributed by atoms with E-state index in [4.69, 9.17) is 23.2 Å². The third-order valence-corrected chi connectivity index (χ3v) is 3.17. The fourth-order valence-electron chi connectivity index (χ4n) is 1.35. The predicted molar refractivity (Wildman–Crippen MR) is 65.1 cm³/mol. The van der Waals surface area contributed by atoms with Gasteiger partial charge in [0.15, 0.2) is 0 Å². The molecule has 0 saturated carbocycles. The minimum atomic E-state index is -0.245. The normalized spacial score (nSPS) is 10.4. The van der Waals surface area contributed by atoms with Gasteiger partial charge in [0.25, 0.3) is 5.56 Å². The first-order chi connectivity index (χ1) is 7.59. The molecule has 0 radical (unpaired) electrons. The number of hydrogen-bond donors (Lipinski definition) is 1. The molecule has 1 heterocycles. The maximum atomic E-state index is 10.9. The van der Waals surface area contributed by atoms with Crippen LogP contribution in [0.4, 0.5) is 0 Å². The summed E-state index contributed by atoms with van der Waals surface area (Å²) in [5, 5.41) is 7.44. The van der Waals surface area contributed by atoms with Gasteiger partial charge in [-0.25, -0.2) is 5.10 Å². The Morgan fingerprint density at radius 2 is 1.94 bits per heavy atom. The topological polar surface area (TPSA) is 45.8 Å². The summed E-state index contributed by atoms with van der Waals surface area (Å²) in [6, 6.07) is 6.55. The lowest BCUT2D eigenvalue weighted by atomic mass is 10.1. The van der Waals surface area contributed by atoms with Crippen LogP contribution in [0.15, 0.2) is 29.1 Å². The van der Waals surface area contributed by atoms with E-state index in [1.807, 2.05) is 6.92 Å². The SMILES string of the molecule is Cc1c(Cl)ccc(-c2ccc(=O)[nH]n2)c1Cl. The van der Waals surface area contributed by atoms with E-state index >= 15 is 0 Å². The Labute approximate surface area is 102 Å². The molecular formula is C11H8Cl2N2O. The Hall–Kier alpha value is -1.32. The van der Waals surface area contributed by atoms with Gasteiger partial charge in [0.1, 0.15) is 0 Å². The highest BCUT2D eigenvalue weighted by atomic mass is 35.5. The highest BCUT2D eigenvalue weighted by molar-refractivity contribution is 6.37. The minimum Gasteiger partial charge on any atom is -0.268 e. The predicted octanol–water partition coefficient (Wildman–Crippen LogP) is 3.05. The van der Waals surface area contributed by atoms with Crippen LogP contribution in [0.5, 0.6) is 0 Å². The molecule has 1 N–H and O–H groups in total. The first-order valence-electron chi connectivity index (χ1n) is 4.60. The smallest absolute Gasteiger partial charge is 0.264 e. The Bertz CT molecular complexity index is 573. The number of hydrogen-bond acceptors (Lipinski definition) is 2. The molecule has 0 atom stereocenters. The van der Waals surface area contributed by atoms with Crippen LogP contribution < -0.4 is 5.56 Å². The Kier molecular flexibility index (Phi) is 2.99. The average Bonchev–Trinajstić information content (AvgIpc) is 2.28. The summed E-state index contributed by atoms with van der Waals surface area (Å²) in [5.74, 6) is 0. The zero-order valence-electron chi connectivity index (χ0n) is 8.42. The lowest BCUT2D eigenvalue weighted by molar-refractivity contribution is 0.995. The van der Waals surface area contributed by atoms with E-state index in [0.717, 1.165) is 11.1 Å². The van der Waals surface area contributed by atoms with Crippen molar-refractivity contribution in [2.75, 3.05) is 0 Å². The number of halogens is 2. The molecule has 0 unspecified atom stereocenters. The molecule has 0 spiro atoms. The van der Waals surface area contributed by atoms with Crippen LogP contribution in [-0.2, 0) is 0 Å². The lowest BCUT2D eigenvalue weighted by Crippen LogP contribution is -2.05. The van der Waals surface area contributed by atoms with Crippen molar-refractivity contribution in [2.45, 2.75) is 6.92 Å². The number of nitrogens with zero attached hydrogens (tertiary/aromatic N) is 1. The largest absolute Gasteiger partial charge is 0.268 e. The van der Waals surface area contributed by atoms with Gasteiger partial charge in [-0.1, -0.05) is 23.2 Å². The van der Waals surface area contributed by atoms with Crippen molar-refractivity contribution < 1.29 is 0 Å². The highest BCUT2D eigenvalue weighted by Gasteiger charge is 2.09. The van der Waals surface area contributed by atoms with Gasteiger partial charge in [-0.05, 0) is 30.7 Å². The number of aromatic nitrogens is 2. The van der Waals surface area contributed by atoms with E-state index in [1.165, 1.54) is 6.07 Å². The van der Waals surface area contributed by atoms with E-state index in [2.05, 4.69) is 10.2 Å². The molecule has 0 bridgehead atoms. The highest BCUT2D eigenvalue weighted by Crippen LogP contribution is 2.32. The molecule has 0 aliphatic rings. The molecule has 1 aromatic heterocycles. The van der Waals surface area contributed by atoms with Gasteiger partial charge in [-0.15, -0.1) is 0 Å². The van der Waals surface area contributed by atoms with Gasteiger partial charge < -0.3 is 0 Å². The second-order valence-corrected chi connectivity index (χ2v) is 4.13. The number of H-pyrrole nitrogens is 1. The van der Waals surface area contributed by atoms with E-state index in [9.17, 15) is 4.79 Å². The Morgan fingerprint density at radius 1 is 1.19 bits per heavy atom. The van der Waals surface area contributed by atoms with Crippen LogP contribution in [-0.4, -0.2) is 10.2 Å². The van der Waals surface area contributed by atoms with Crippen molar-refractivity contribution >= 4 is 23.2 Å². The molecule has 2 aromatic rings. The average molecular weight is 255 g/mol. The summed E-state index contributed by atoms with van der Waals surface area (Å²) in [4.78, 5) is 10.9. The zero-order valence-corrected chi connectivity index (χ0v) is 9.93. The van der Waals surface area contributed by atoms with Crippen LogP contribution in [0.1, 0.15) is 5.56 Å². The van der Waals surface area contributed by atoms with E-state index in [0.29, 0.717) is 15.7 Å². The maximum Gasteiger partial charge on any atom is 0.264 e. The summed E-state index contributed by atoms with van der Waals surface area (Å²) in [6.45, 7) is 1.83. The van der Waals surface area contributed by atoms with Gasteiger partial charge in [-0.3, -0.25) is 4.79 Å². The van der Waals surface area contributed by atoms with Crippen LogP contribution in [0.2, 0.25) is 10.0 Å². The summed E-state index contributed by atoms with van der Waals surface area (Å²) in [5.41, 5.74) is 1.92. The zero-order chi connectivity index (χ0) is 11.7. The molecule has 0 amide bonds. The second kappa shape index (κ2) is 4.28. The van der Waals surface area contributed by atoms with E-state index in [1.54, 1.807) is 18.2 Å². The first kappa shape index (κ1) is 11.2. The number of benzene rings is 1. The van der Waals surface area contributed by atoms with Crippen molar-refractivity contribution in [3.05, 3.63) is 50.2 Å². The molecule has 16 heavy (non-hydrogen) atoms. The monoisotopic (exact) mass is 254 g/mol. The molecular weight excluding hydrogens is 247 g/mol. The van der Waals surface area contributed by atoms with Gasteiger partial charge in [0, 0.05) is 16.7 Å². The lowest BCUT2D eigenvalue weighted by Gasteiger charge is -2.07. The molecule has 0 aliphatic heterocycles. The molecule has 0 aliphatic carbocycles. The first-order valence-corrected chi connectivity index (χ1v) is 5.36. The van der Waals surface area contributed by atoms with E-state index < -0.39 is 0 Å².